The molecule has 0 bridgehead atoms. The molecular formula is C20H23N3O3. The summed E-state index contributed by atoms with van der Waals surface area (Å²) in [7, 11) is 0. The maximum atomic E-state index is 12.5. The molecule has 0 unspecified atom stereocenters. The van der Waals surface area contributed by atoms with Gasteiger partial charge in [0.05, 0.1) is 30.6 Å². The predicted molar refractivity (Wildman–Crippen MR) is 96.8 cm³/mol. The Labute approximate surface area is 152 Å². The van der Waals surface area contributed by atoms with Crippen molar-refractivity contribution in [1.29, 1.82) is 0 Å². The minimum atomic E-state index is -0.491. The van der Waals surface area contributed by atoms with E-state index in [0.717, 1.165) is 50.3 Å². The number of fused-ring (bicyclic) bond motifs is 1. The third kappa shape index (κ3) is 2.70. The fourth-order valence-electron chi connectivity index (χ4n) is 4.52. The summed E-state index contributed by atoms with van der Waals surface area (Å²) in [6.45, 7) is 3.30. The Morgan fingerprint density at radius 3 is 2.73 bits per heavy atom. The van der Waals surface area contributed by atoms with Gasteiger partial charge in [0.1, 0.15) is 11.4 Å². The number of carbonyl (C=O) groups excluding carboxylic acids is 1. The van der Waals surface area contributed by atoms with E-state index >= 15 is 0 Å². The molecule has 1 aromatic carbocycles. The van der Waals surface area contributed by atoms with Gasteiger partial charge in [-0.15, -0.1) is 0 Å². The molecule has 0 saturated carbocycles. The van der Waals surface area contributed by atoms with Crippen molar-refractivity contribution in [3.63, 3.8) is 0 Å². The van der Waals surface area contributed by atoms with Crippen LogP contribution in [-0.2, 0) is 11.3 Å². The van der Waals surface area contributed by atoms with Crippen LogP contribution in [0.5, 0.6) is 0 Å². The fourth-order valence-corrected chi connectivity index (χ4v) is 4.52. The number of furan rings is 1. The zero-order valence-corrected chi connectivity index (χ0v) is 14.7. The van der Waals surface area contributed by atoms with E-state index in [4.69, 9.17) is 9.15 Å². The molecule has 0 radical (unpaired) electrons. The highest BCUT2D eigenvalue weighted by molar-refractivity contribution is 6.02. The molecule has 1 aromatic heterocycles. The first kappa shape index (κ1) is 15.9. The van der Waals surface area contributed by atoms with E-state index in [-0.39, 0.29) is 11.5 Å². The van der Waals surface area contributed by atoms with Crippen LogP contribution >= 0.6 is 0 Å². The van der Waals surface area contributed by atoms with Crippen molar-refractivity contribution in [1.82, 2.24) is 10.2 Å². The maximum absolute atomic E-state index is 12.5. The normalized spacial score (nSPS) is 27.3. The summed E-state index contributed by atoms with van der Waals surface area (Å²) in [5, 5.41) is 6.70. The highest BCUT2D eigenvalue weighted by Crippen LogP contribution is 2.42. The van der Waals surface area contributed by atoms with Crippen molar-refractivity contribution in [3.8, 4) is 0 Å². The van der Waals surface area contributed by atoms with Gasteiger partial charge >= 0.3 is 0 Å². The van der Waals surface area contributed by atoms with Crippen LogP contribution in [0.15, 0.2) is 47.1 Å². The first-order chi connectivity index (χ1) is 12.7. The number of benzene rings is 1. The topological polar surface area (TPSA) is 66.7 Å². The summed E-state index contributed by atoms with van der Waals surface area (Å²) in [5.74, 6) is 0.984. The monoisotopic (exact) mass is 353 g/mol. The molecule has 6 nitrogen and oxygen atoms in total. The Bertz CT molecular complexity index is 811. The van der Waals surface area contributed by atoms with E-state index in [9.17, 15) is 4.79 Å². The van der Waals surface area contributed by atoms with Crippen LogP contribution in [0.25, 0.3) is 0 Å². The lowest BCUT2D eigenvalue weighted by Crippen LogP contribution is -2.59. The van der Waals surface area contributed by atoms with E-state index in [2.05, 4.69) is 15.5 Å². The van der Waals surface area contributed by atoms with E-state index in [1.165, 1.54) is 0 Å². The first-order valence-electron chi connectivity index (χ1n) is 9.24. The quantitative estimate of drug-likeness (QED) is 0.869. The van der Waals surface area contributed by atoms with Gasteiger partial charge in [0.2, 0.25) is 0 Å². The van der Waals surface area contributed by atoms with E-state index in [0.29, 0.717) is 12.2 Å². The number of nitrogens with zero attached hydrogens (tertiary/aromatic N) is 1. The maximum Gasteiger partial charge on any atom is 0.255 e. The zero-order chi connectivity index (χ0) is 17.6. The molecule has 2 saturated heterocycles. The van der Waals surface area contributed by atoms with Crippen LogP contribution < -0.4 is 10.6 Å². The SMILES string of the molecule is O=C1N[C@]2(COC3(CCN(Cc4ccco4)CC3)C2)Nc2ccccc21. The van der Waals surface area contributed by atoms with Crippen LogP contribution in [-0.4, -0.2) is 41.8 Å². The summed E-state index contributed by atoms with van der Waals surface area (Å²) in [6.07, 6.45) is 4.46. The Morgan fingerprint density at radius 2 is 1.92 bits per heavy atom. The average molecular weight is 353 g/mol. The fraction of sp³-hybridized carbons (Fsp3) is 0.450. The predicted octanol–water partition coefficient (Wildman–Crippen LogP) is 2.59. The van der Waals surface area contributed by atoms with Gasteiger partial charge in [-0.3, -0.25) is 9.69 Å². The number of anilines is 1. The van der Waals surface area contributed by atoms with Gasteiger partial charge in [0.25, 0.3) is 5.91 Å². The number of amides is 1. The molecular weight excluding hydrogens is 330 g/mol. The van der Waals surface area contributed by atoms with Gasteiger partial charge in [0.15, 0.2) is 0 Å². The average Bonchev–Trinajstić information content (AvgIpc) is 3.26. The molecule has 26 heavy (non-hydrogen) atoms. The number of likely N-dealkylation sites (tertiary alicyclic amines) is 1. The number of hydrogen-bond donors (Lipinski definition) is 2. The second kappa shape index (κ2) is 5.86. The van der Waals surface area contributed by atoms with Crippen LogP contribution in [0.3, 0.4) is 0 Å². The summed E-state index contributed by atoms with van der Waals surface area (Å²) in [6, 6.07) is 11.6. The van der Waals surface area contributed by atoms with Gasteiger partial charge in [-0.25, -0.2) is 0 Å². The Morgan fingerprint density at radius 1 is 1.08 bits per heavy atom. The summed E-state index contributed by atoms with van der Waals surface area (Å²) >= 11 is 0. The number of piperidine rings is 1. The van der Waals surface area contributed by atoms with Crippen LogP contribution in [0.1, 0.15) is 35.4 Å². The van der Waals surface area contributed by atoms with Crippen LogP contribution in [0, 0.1) is 0 Å². The third-order valence-corrected chi connectivity index (χ3v) is 5.87. The highest BCUT2D eigenvalue weighted by atomic mass is 16.5. The highest BCUT2D eigenvalue weighted by Gasteiger charge is 2.53. The second-order valence-corrected chi connectivity index (χ2v) is 7.71. The third-order valence-electron chi connectivity index (χ3n) is 5.87. The number of carbonyl (C=O) groups is 1. The molecule has 3 aliphatic rings. The number of hydrogen-bond acceptors (Lipinski definition) is 5. The van der Waals surface area contributed by atoms with Gasteiger partial charge in [-0.05, 0) is 37.1 Å². The standard InChI is InChI=1S/C20H23N3O3/c24-18-16-5-1-2-6-17(16)21-20(22-18)13-19(26-14-20)7-9-23(10-8-19)12-15-4-3-11-25-15/h1-6,11,21H,7-10,12-14H2,(H,22,24)/t20-/m1/s1. The Hall–Kier alpha value is -2.31. The molecule has 2 aromatic rings. The van der Waals surface area contributed by atoms with Gasteiger partial charge < -0.3 is 19.8 Å². The molecule has 2 N–H and O–H groups in total. The molecule has 136 valence electrons. The Balaban J connectivity index is 1.27. The first-order valence-corrected chi connectivity index (χ1v) is 9.24. The van der Waals surface area contributed by atoms with E-state index in [1.807, 2.05) is 36.4 Å². The molecule has 0 aliphatic carbocycles. The van der Waals surface area contributed by atoms with Gasteiger partial charge in [-0.2, -0.15) is 0 Å². The smallest absolute Gasteiger partial charge is 0.255 e. The second-order valence-electron chi connectivity index (χ2n) is 7.71. The molecule has 4 heterocycles. The van der Waals surface area contributed by atoms with E-state index in [1.54, 1.807) is 6.26 Å². The summed E-state index contributed by atoms with van der Waals surface area (Å²) in [5.41, 5.74) is 0.945. The lowest BCUT2D eigenvalue weighted by atomic mass is 9.84. The van der Waals surface area contributed by atoms with Crippen molar-refractivity contribution < 1.29 is 13.9 Å². The van der Waals surface area contributed by atoms with Gasteiger partial charge in [0, 0.05) is 25.2 Å². The van der Waals surface area contributed by atoms with Gasteiger partial charge in [-0.1, -0.05) is 12.1 Å². The van der Waals surface area contributed by atoms with E-state index < -0.39 is 5.66 Å². The number of rotatable bonds is 2. The van der Waals surface area contributed by atoms with Crippen molar-refractivity contribution in [3.05, 3.63) is 54.0 Å². The summed E-state index contributed by atoms with van der Waals surface area (Å²) < 4.78 is 11.8. The zero-order valence-electron chi connectivity index (χ0n) is 14.7. The molecule has 1 amide bonds. The number of nitrogens with one attached hydrogen (secondary N) is 2. The lowest BCUT2D eigenvalue weighted by Gasteiger charge is -2.40. The van der Waals surface area contributed by atoms with Crippen molar-refractivity contribution in [2.45, 2.75) is 37.1 Å². The molecule has 6 heteroatoms. The lowest BCUT2D eigenvalue weighted by molar-refractivity contribution is -0.0461. The molecule has 1 atom stereocenters. The van der Waals surface area contributed by atoms with Crippen molar-refractivity contribution in [2.75, 3.05) is 25.0 Å². The van der Waals surface area contributed by atoms with Crippen molar-refractivity contribution in [2.24, 2.45) is 0 Å². The van der Waals surface area contributed by atoms with Crippen LogP contribution in [0.2, 0.25) is 0 Å². The number of para-hydroxylation sites is 1. The largest absolute Gasteiger partial charge is 0.468 e. The molecule has 2 fully saturated rings. The molecule has 2 spiro atoms. The molecule has 5 rings (SSSR count). The number of ether oxygens (including phenoxy) is 1. The van der Waals surface area contributed by atoms with Crippen LogP contribution in [0.4, 0.5) is 5.69 Å². The molecule has 3 aliphatic heterocycles. The Kier molecular flexibility index (Phi) is 3.58. The van der Waals surface area contributed by atoms with Crippen molar-refractivity contribution >= 4 is 11.6 Å². The minimum absolute atomic E-state index is 0.0183. The summed E-state index contributed by atoms with van der Waals surface area (Å²) in [4.78, 5) is 14.9. The minimum Gasteiger partial charge on any atom is -0.468 e.